The zero-order valence-electron chi connectivity index (χ0n) is 11.6. The molecule has 0 bridgehead atoms. The van der Waals surface area contributed by atoms with Crippen LogP contribution in [0.2, 0.25) is 0 Å². The quantitative estimate of drug-likeness (QED) is 0.526. The lowest BCUT2D eigenvalue weighted by Gasteiger charge is -2.35. The number of nitrogens with one attached hydrogen (secondary N) is 1. The summed E-state index contributed by atoms with van der Waals surface area (Å²) in [5.41, 5.74) is -0.724. The average molecular weight is 321 g/mol. The molecule has 1 aromatic carbocycles. The normalized spacial score (nSPS) is 18.2. The molecule has 1 fully saturated rings. The summed E-state index contributed by atoms with van der Waals surface area (Å²) >= 11 is 0. The maximum Gasteiger partial charge on any atom is 0.390 e. The number of benzene rings is 1. The van der Waals surface area contributed by atoms with E-state index in [2.05, 4.69) is 5.32 Å². The van der Waals surface area contributed by atoms with Gasteiger partial charge in [-0.25, -0.2) is 4.39 Å². The highest BCUT2D eigenvalue weighted by molar-refractivity contribution is 5.42. The van der Waals surface area contributed by atoms with Gasteiger partial charge in [0.05, 0.1) is 23.5 Å². The van der Waals surface area contributed by atoms with Crippen molar-refractivity contribution in [2.24, 2.45) is 0 Å². The van der Waals surface area contributed by atoms with Crippen LogP contribution in [-0.2, 0) is 0 Å². The van der Waals surface area contributed by atoms with Crippen molar-refractivity contribution >= 4 is 5.69 Å². The summed E-state index contributed by atoms with van der Waals surface area (Å²) in [6, 6.07) is 1.50. The Morgan fingerprint density at radius 1 is 1.32 bits per heavy atom. The summed E-state index contributed by atoms with van der Waals surface area (Å²) in [5, 5.41) is 14.1. The number of rotatable bonds is 4. The summed E-state index contributed by atoms with van der Waals surface area (Å²) in [4.78, 5) is 11.8. The van der Waals surface area contributed by atoms with Crippen molar-refractivity contribution in [3.05, 3.63) is 39.7 Å². The minimum Gasteiger partial charge on any atom is -0.314 e. The summed E-state index contributed by atoms with van der Waals surface area (Å²) in [5.74, 6) is -0.846. The first-order valence-electron chi connectivity index (χ1n) is 6.73. The van der Waals surface area contributed by atoms with Crippen molar-refractivity contribution < 1.29 is 22.5 Å². The van der Waals surface area contributed by atoms with E-state index in [-0.39, 0.29) is 5.56 Å². The summed E-state index contributed by atoms with van der Waals surface area (Å²) in [7, 11) is 0. The Kier molecular flexibility index (Phi) is 4.97. The van der Waals surface area contributed by atoms with Gasteiger partial charge >= 0.3 is 6.18 Å². The Bertz CT molecular complexity index is 545. The van der Waals surface area contributed by atoms with Crippen LogP contribution in [-0.4, -0.2) is 42.2 Å². The van der Waals surface area contributed by atoms with Crippen molar-refractivity contribution in [1.82, 2.24) is 10.2 Å². The number of halogens is 4. The second-order valence-corrected chi connectivity index (χ2v) is 5.08. The molecule has 0 amide bonds. The van der Waals surface area contributed by atoms with Gasteiger partial charge in [0, 0.05) is 31.7 Å². The van der Waals surface area contributed by atoms with Crippen LogP contribution in [0, 0.1) is 15.9 Å². The Morgan fingerprint density at radius 2 is 1.95 bits per heavy atom. The first-order valence-corrected chi connectivity index (χ1v) is 6.73. The molecule has 0 radical (unpaired) electrons. The molecule has 1 aromatic rings. The van der Waals surface area contributed by atoms with Crippen LogP contribution in [0.3, 0.4) is 0 Å². The van der Waals surface area contributed by atoms with E-state index in [1.807, 2.05) is 0 Å². The molecule has 1 atom stereocenters. The molecule has 0 aliphatic carbocycles. The summed E-state index contributed by atoms with van der Waals surface area (Å²) in [6.07, 6.45) is -5.68. The van der Waals surface area contributed by atoms with Gasteiger partial charge in [-0.3, -0.25) is 15.0 Å². The van der Waals surface area contributed by atoms with Crippen LogP contribution in [0.15, 0.2) is 18.2 Å². The molecule has 0 saturated carbocycles. The molecule has 1 saturated heterocycles. The SMILES string of the molecule is O=[N+]([O-])c1cc(F)ccc1[C@H](CC(F)(F)F)N1CCNCC1. The van der Waals surface area contributed by atoms with Crippen LogP contribution < -0.4 is 5.32 Å². The van der Waals surface area contributed by atoms with Gasteiger partial charge in [-0.1, -0.05) is 0 Å². The van der Waals surface area contributed by atoms with E-state index in [0.29, 0.717) is 32.2 Å². The number of nitrogens with zero attached hydrogens (tertiary/aromatic N) is 2. The standard InChI is InChI=1S/C13H15F4N3O2/c14-9-1-2-10(11(7-9)20(21)22)12(8-13(15,16)17)19-5-3-18-4-6-19/h1-2,7,12,18H,3-6,8H2/t12-/m0/s1. The molecule has 0 aromatic heterocycles. The molecule has 1 N–H and O–H groups in total. The molecule has 9 heteroatoms. The average Bonchev–Trinajstić information content (AvgIpc) is 2.45. The number of piperazine rings is 1. The van der Waals surface area contributed by atoms with Crippen molar-refractivity contribution in [3.8, 4) is 0 Å². The Morgan fingerprint density at radius 3 is 2.50 bits per heavy atom. The smallest absolute Gasteiger partial charge is 0.314 e. The minimum absolute atomic E-state index is 0.106. The fourth-order valence-electron chi connectivity index (χ4n) is 2.61. The number of nitro benzene ring substituents is 1. The maximum atomic E-state index is 13.2. The molecule has 1 aliphatic rings. The van der Waals surface area contributed by atoms with Gasteiger partial charge in [0.25, 0.3) is 5.69 Å². The third-order valence-corrected chi connectivity index (χ3v) is 3.57. The van der Waals surface area contributed by atoms with Crippen LogP contribution >= 0.6 is 0 Å². The third kappa shape index (κ3) is 4.14. The van der Waals surface area contributed by atoms with Gasteiger partial charge in [-0.15, -0.1) is 0 Å². The maximum absolute atomic E-state index is 13.2. The number of hydrogen-bond donors (Lipinski definition) is 1. The van der Waals surface area contributed by atoms with E-state index >= 15 is 0 Å². The number of nitro groups is 1. The predicted molar refractivity (Wildman–Crippen MR) is 70.9 cm³/mol. The molecule has 1 heterocycles. The van der Waals surface area contributed by atoms with Gasteiger partial charge in [0.15, 0.2) is 0 Å². The largest absolute Gasteiger partial charge is 0.390 e. The number of alkyl halides is 3. The van der Waals surface area contributed by atoms with E-state index in [9.17, 15) is 27.7 Å². The highest BCUT2D eigenvalue weighted by Crippen LogP contribution is 2.38. The molecule has 0 spiro atoms. The molecule has 5 nitrogen and oxygen atoms in total. The molecular weight excluding hydrogens is 306 g/mol. The molecule has 122 valence electrons. The van der Waals surface area contributed by atoms with Crippen molar-refractivity contribution in [2.75, 3.05) is 26.2 Å². The van der Waals surface area contributed by atoms with E-state index < -0.39 is 35.1 Å². The zero-order valence-corrected chi connectivity index (χ0v) is 11.6. The zero-order chi connectivity index (χ0) is 16.3. The Labute approximate surface area is 124 Å². The second kappa shape index (κ2) is 6.57. The van der Waals surface area contributed by atoms with Gasteiger partial charge in [0.1, 0.15) is 5.82 Å². The molecule has 22 heavy (non-hydrogen) atoms. The van der Waals surface area contributed by atoms with Crippen molar-refractivity contribution in [1.29, 1.82) is 0 Å². The lowest BCUT2D eigenvalue weighted by atomic mass is 9.99. The molecule has 2 rings (SSSR count). The monoisotopic (exact) mass is 321 g/mol. The van der Waals surface area contributed by atoms with E-state index in [1.165, 1.54) is 0 Å². The Hall–Kier alpha value is -1.74. The lowest BCUT2D eigenvalue weighted by Crippen LogP contribution is -2.46. The van der Waals surface area contributed by atoms with Gasteiger partial charge < -0.3 is 5.32 Å². The molecular formula is C13H15F4N3O2. The van der Waals surface area contributed by atoms with Crippen LogP contribution in [0.25, 0.3) is 0 Å². The predicted octanol–water partition coefficient (Wildman–Crippen LogP) is 2.63. The highest BCUT2D eigenvalue weighted by Gasteiger charge is 2.38. The molecule has 1 aliphatic heterocycles. The van der Waals surface area contributed by atoms with E-state index in [1.54, 1.807) is 4.90 Å². The van der Waals surface area contributed by atoms with Gasteiger partial charge in [-0.2, -0.15) is 13.2 Å². The minimum atomic E-state index is -4.47. The first kappa shape index (κ1) is 16.6. The first-order chi connectivity index (χ1) is 10.3. The van der Waals surface area contributed by atoms with Crippen LogP contribution in [0.1, 0.15) is 18.0 Å². The summed E-state index contributed by atoms with van der Waals surface area (Å²) in [6.45, 7) is 1.69. The Balaban J connectivity index is 2.41. The fourth-order valence-corrected chi connectivity index (χ4v) is 2.61. The topological polar surface area (TPSA) is 58.4 Å². The van der Waals surface area contributed by atoms with Crippen LogP contribution in [0.5, 0.6) is 0 Å². The second-order valence-electron chi connectivity index (χ2n) is 5.08. The van der Waals surface area contributed by atoms with Crippen molar-refractivity contribution in [3.63, 3.8) is 0 Å². The third-order valence-electron chi connectivity index (χ3n) is 3.57. The fraction of sp³-hybridized carbons (Fsp3) is 0.538. The molecule has 0 unspecified atom stereocenters. The highest BCUT2D eigenvalue weighted by atomic mass is 19.4. The lowest BCUT2D eigenvalue weighted by molar-refractivity contribution is -0.386. The summed E-state index contributed by atoms with van der Waals surface area (Å²) < 4.78 is 51.8. The van der Waals surface area contributed by atoms with E-state index in [0.717, 1.165) is 12.1 Å². The van der Waals surface area contributed by atoms with Gasteiger partial charge in [-0.05, 0) is 12.1 Å². The van der Waals surface area contributed by atoms with E-state index in [4.69, 9.17) is 0 Å². The van der Waals surface area contributed by atoms with Gasteiger partial charge in [0.2, 0.25) is 0 Å². The van der Waals surface area contributed by atoms with Crippen LogP contribution in [0.4, 0.5) is 23.2 Å². The number of hydrogen-bond acceptors (Lipinski definition) is 4. The van der Waals surface area contributed by atoms with Crippen molar-refractivity contribution in [2.45, 2.75) is 18.6 Å².